The molecule has 176 valence electrons. The Bertz CT molecular complexity index is 1220. The van der Waals surface area contributed by atoms with Crippen LogP contribution in [0.25, 0.3) is 0 Å². The van der Waals surface area contributed by atoms with Crippen LogP contribution in [0.4, 0.5) is 0 Å². The minimum Gasteiger partial charge on any atom is -0.469 e. The zero-order valence-electron chi connectivity index (χ0n) is 19.5. The summed E-state index contributed by atoms with van der Waals surface area (Å²) in [6.07, 6.45) is 3.00. The van der Waals surface area contributed by atoms with E-state index in [1.807, 2.05) is 33.8 Å². The highest BCUT2D eigenvalue weighted by Gasteiger charge is 2.34. The molecule has 0 amide bonds. The lowest BCUT2D eigenvalue weighted by atomic mass is 9.91. The maximum Gasteiger partial charge on any atom is 0.342 e. The van der Waals surface area contributed by atoms with Gasteiger partial charge in [-0.3, -0.25) is 4.79 Å². The van der Waals surface area contributed by atoms with Gasteiger partial charge in [0.15, 0.2) is 5.75 Å². The summed E-state index contributed by atoms with van der Waals surface area (Å²) < 4.78 is 41.7. The molecule has 2 aromatic rings. The molecule has 7 nitrogen and oxygen atoms in total. The van der Waals surface area contributed by atoms with Gasteiger partial charge in [0.25, 0.3) is 0 Å². The molecule has 0 unspecified atom stereocenters. The summed E-state index contributed by atoms with van der Waals surface area (Å²) >= 11 is 0. The summed E-state index contributed by atoms with van der Waals surface area (Å²) in [7, 11) is -2.84. The van der Waals surface area contributed by atoms with E-state index in [1.54, 1.807) is 12.1 Å². The molecule has 1 aliphatic rings. The number of methoxy groups -OCH3 is 1. The number of esters is 2. The van der Waals surface area contributed by atoms with Gasteiger partial charge in [-0.1, -0.05) is 29.3 Å². The quantitative estimate of drug-likeness (QED) is 0.317. The average Bonchev–Trinajstić information content (AvgIpc) is 3.17. The van der Waals surface area contributed by atoms with Crippen molar-refractivity contribution < 1.29 is 31.7 Å². The normalized spacial score (nSPS) is 13.5. The van der Waals surface area contributed by atoms with Gasteiger partial charge >= 0.3 is 22.1 Å². The monoisotopic (exact) mass is 472 g/mol. The fourth-order valence-electron chi connectivity index (χ4n) is 3.68. The highest BCUT2D eigenvalue weighted by atomic mass is 32.2. The van der Waals surface area contributed by atoms with Gasteiger partial charge in [-0.15, -0.1) is 0 Å². The third-order valence-corrected chi connectivity index (χ3v) is 7.17. The molecule has 8 heteroatoms. The maximum atomic E-state index is 13.1. The summed E-state index contributed by atoms with van der Waals surface area (Å²) in [5.74, 6) is -0.897. The predicted molar refractivity (Wildman–Crippen MR) is 123 cm³/mol. The van der Waals surface area contributed by atoms with Crippen molar-refractivity contribution in [3.05, 3.63) is 69.3 Å². The lowest BCUT2D eigenvalue weighted by molar-refractivity contribution is -0.140. The van der Waals surface area contributed by atoms with E-state index in [1.165, 1.54) is 19.2 Å². The van der Waals surface area contributed by atoms with Crippen molar-refractivity contribution in [2.75, 3.05) is 7.11 Å². The number of benzene rings is 2. The van der Waals surface area contributed by atoms with E-state index in [2.05, 4.69) is 4.74 Å². The van der Waals surface area contributed by atoms with Gasteiger partial charge in [0.05, 0.1) is 7.11 Å². The number of cyclic esters (lactones) is 1. The van der Waals surface area contributed by atoms with Gasteiger partial charge in [0.2, 0.25) is 0 Å². The van der Waals surface area contributed by atoms with Gasteiger partial charge in [-0.05, 0) is 63.8 Å². The van der Waals surface area contributed by atoms with Crippen molar-refractivity contribution in [2.24, 2.45) is 0 Å². The summed E-state index contributed by atoms with van der Waals surface area (Å²) in [4.78, 5) is 24.0. The van der Waals surface area contributed by atoms with Crippen LogP contribution in [0, 0.1) is 20.8 Å². The highest BCUT2D eigenvalue weighted by Crippen LogP contribution is 2.40. The van der Waals surface area contributed by atoms with Crippen LogP contribution in [-0.2, 0) is 37.4 Å². The fourth-order valence-corrected chi connectivity index (χ4v) is 4.65. The second-order valence-corrected chi connectivity index (χ2v) is 9.71. The molecule has 0 saturated carbocycles. The fraction of sp³-hybridized carbons (Fsp3) is 0.360. The number of aryl methyl sites for hydroxylation is 1. The van der Waals surface area contributed by atoms with Crippen molar-refractivity contribution in [3.8, 4) is 5.75 Å². The molecule has 0 N–H and O–H groups in total. The van der Waals surface area contributed by atoms with Gasteiger partial charge in [-0.2, -0.15) is 8.42 Å². The summed E-state index contributed by atoms with van der Waals surface area (Å²) in [5.41, 5.74) is 4.94. The van der Waals surface area contributed by atoms with E-state index in [0.29, 0.717) is 24.0 Å². The van der Waals surface area contributed by atoms with Crippen LogP contribution in [0.2, 0.25) is 0 Å². The van der Waals surface area contributed by atoms with Gasteiger partial charge < -0.3 is 13.7 Å². The van der Waals surface area contributed by atoms with Crippen molar-refractivity contribution in [3.63, 3.8) is 0 Å². The Morgan fingerprint density at radius 2 is 1.76 bits per heavy atom. The Hall–Kier alpha value is -3.13. The molecule has 0 atom stereocenters. The topological polar surface area (TPSA) is 96.0 Å². The number of hydrogen-bond donors (Lipinski definition) is 0. The summed E-state index contributed by atoms with van der Waals surface area (Å²) in [6.45, 7) is 7.57. The van der Waals surface area contributed by atoms with Gasteiger partial charge in [-0.25, -0.2) is 4.79 Å². The van der Waals surface area contributed by atoms with E-state index < -0.39 is 16.1 Å². The molecule has 0 saturated heterocycles. The second-order valence-electron chi connectivity index (χ2n) is 8.17. The van der Waals surface area contributed by atoms with Gasteiger partial charge in [0.1, 0.15) is 17.1 Å². The van der Waals surface area contributed by atoms with Crippen LogP contribution in [0.15, 0.2) is 40.8 Å². The summed E-state index contributed by atoms with van der Waals surface area (Å²) in [6, 6.07) is 6.31. The molecular formula is C25H28O7S. The number of rotatable bonds is 8. The molecule has 1 heterocycles. The standard InChI is InChI=1S/C25H28O7S/c1-15-6-10-19(11-7-15)33(28,29)32-24-20(12-8-16(2)9-13-22(26)30-5)17(3)18(4)21-14-31-25(27)23(21)24/h6-8,10-11H,9,12-14H2,1-5H3. The zero-order chi connectivity index (χ0) is 24.3. The second kappa shape index (κ2) is 9.79. The largest absolute Gasteiger partial charge is 0.469 e. The zero-order valence-corrected chi connectivity index (χ0v) is 20.3. The first-order chi connectivity index (χ1) is 15.5. The molecule has 0 aliphatic carbocycles. The lowest BCUT2D eigenvalue weighted by Gasteiger charge is -2.18. The molecule has 2 aromatic carbocycles. The molecule has 33 heavy (non-hydrogen) atoms. The lowest BCUT2D eigenvalue weighted by Crippen LogP contribution is -2.15. The van der Waals surface area contributed by atoms with Crippen LogP contribution >= 0.6 is 0 Å². The number of carbonyl (C=O) groups excluding carboxylic acids is 2. The van der Waals surface area contributed by atoms with Gasteiger partial charge in [0, 0.05) is 17.5 Å². The van der Waals surface area contributed by atoms with Crippen LogP contribution in [0.3, 0.4) is 0 Å². The molecule has 0 radical (unpaired) electrons. The molecule has 1 aliphatic heterocycles. The summed E-state index contributed by atoms with van der Waals surface area (Å²) in [5, 5.41) is 0. The third kappa shape index (κ3) is 5.27. The molecule has 0 bridgehead atoms. The Morgan fingerprint density at radius 3 is 2.39 bits per heavy atom. The van der Waals surface area contributed by atoms with Crippen molar-refractivity contribution in [1.29, 1.82) is 0 Å². The average molecular weight is 473 g/mol. The van der Waals surface area contributed by atoms with Crippen LogP contribution in [0.1, 0.15) is 57.9 Å². The molecular weight excluding hydrogens is 444 g/mol. The third-order valence-electron chi connectivity index (χ3n) is 5.93. The SMILES string of the molecule is COC(=O)CCC(C)=CCc1c(C)c(C)c2c(c1OS(=O)(=O)c1ccc(C)cc1)C(=O)OC2. The van der Waals surface area contributed by atoms with E-state index in [4.69, 9.17) is 8.92 Å². The minimum atomic E-state index is -4.18. The van der Waals surface area contributed by atoms with E-state index >= 15 is 0 Å². The number of carbonyl (C=O) groups is 2. The van der Waals surface area contributed by atoms with E-state index in [-0.39, 0.29) is 35.2 Å². The highest BCUT2D eigenvalue weighted by molar-refractivity contribution is 7.87. The van der Waals surface area contributed by atoms with E-state index in [9.17, 15) is 18.0 Å². The molecule has 0 aromatic heterocycles. The molecule has 0 fully saturated rings. The Labute approximate surface area is 194 Å². The first-order valence-electron chi connectivity index (χ1n) is 10.6. The molecule has 0 spiro atoms. The number of hydrogen-bond acceptors (Lipinski definition) is 7. The number of fused-ring (bicyclic) bond motifs is 1. The predicted octanol–water partition coefficient (Wildman–Crippen LogP) is 4.49. The Morgan fingerprint density at radius 1 is 1.09 bits per heavy atom. The van der Waals surface area contributed by atoms with E-state index in [0.717, 1.165) is 22.3 Å². The number of allylic oxidation sites excluding steroid dienone is 2. The first kappa shape index (κ1) is 24.5. The van der Waals surface area contributed by atoms with Crippen molar-refractivity contribution in [2.45, 2.75) is 58.5 Å². The minimum absolute atomic E-state index is 0.00203. The smallest absolute Gasteiger partial charge is 0.342 e. The number of ether oxygens (including phenoxy) is 2. The maximum absolute atomic E-state index is 13.1. The van der Waals surface area contributed by atoms with Crippen LogP contribution < -0.4 is 4.18 Å². The first-order valence-corrected chi connectivity index (χ1v) is 12.0. The van der Waals surface area contributed by atoms with Crippen LogP contribution in [-0.4, -0.2) is 27.5 Å². The van der Waals surface area contributed by atoms with Crippen molar-refractivity contribution >= 4 is 22.1 Å². The Kier molecular flexibility index (Phi) is 7.27. The van der Waals surface area contributed by atoms with Crippen molar-refractivity contribution in [1.82, 2.24) is 0 Å². The molecule has 3 rings (SSSR count). The Balaban J connectivity index is 2.05. The van der Waals surface area contributed by atoms with Crippen LogP contribution in [0.5, 0.6) is 5.75 Å².